The van der Waals surface area contributed by atoms with Crippen molar-refractivity contribution in [1.29, 1.82) is 0 Å². The van der Waals surface area contributed by atoms with E-state index in [1.54, 1.807) is 18.2 Å². The smallest absolute Gasteiger partial charge is 0.287 e. The topological polar surface area (TPSA) is 69.3 Å². The first-order valence-corrected chi connectivity index (χ1v) is 11.0. The quantitative estimate of drug-likeness (QED) is 0.608. The molecule has 1 saturated heterocycles. The monoisotopic (exact) mass is 423 g/mol. The second-order valence-corrected chi connectivity index (χ2v) is 8.30. The molecule has 6 nitrogen and oxygen atoms in total. The average Bonchev–Trinajstić information content (AvgIpc) is 3.58. The van der Waals surface area contributed by atoms with Gasteiger partial charge in [0.1, 0.15) is 11.5 Å². The summed E-state index contributed by atoms with van der Waals surface area (Å²) in [6.07, 6.45) is 8.44. The predicted octanol–water partition coefficient (Wildman–Crippen LogP) is 4.97. The van der Waals surface area contributed by atoms with Crippen molar-refractivity contribution in [2.45, 2.75) is 50.7 Å². The zero-order valence-corrected chi connectivity index (χ0v) is 17.4. The SMILES string of the molecule is O=C(NC[C@@H]1CCCO1)c1ccc(-c2c(-c3ccc(F)cc3)ncn2C2CCCC2)o1. The molecule has 1 aliphatic heterocycles. The maximum Gasteiger partial charge on any atom is 0.287 e. The lowest BCUT2D eigenvalue weighted by Crippen LogP contribution is -2.31. The Hall–Kier alpha value is -2.93. The van der Waals surface area contributed by atoms with Crippen LogP contribution in [0, 0.1) is 5.82 Å². The number of nitrogens with one attached hydrogen (secondary N) is 1. The van der Waals surface area contributed by atoms with Crippen LogP contribution in [0.3, 0.4) is 0 Å². The molecule has 31 heavy (non-hydrogen) atoms. The van der Waals surface area contributed by atoms with Gasteiger partial charge in [0.25, 0.3) is 5.91 Å². The highest BCUT2D eigenvalue weighted by Crippen LogP contribution is 2.39. The number of hydrogen-bond donors (Lipinski definition) is 1. The molecule has 2 aliphatic rings. The lowest BCUT2D eigenvalue weighted by molar-refractivity contribution is 0.0836. The normalized spacial score (nSPS) is 19.2. The van der Waals surface area contributed by atoms with Crippen LogP contribution in [0.5, 0.6) is 0 Å². The van der Waals surface area contributed by atoms with Crippen molar-refractivity contribution in [3.8, 4) is 22.7 Å². The summed E-state index contributed by atoms with van der Waals surface area (Å²) in [6.45, 7) is 1.23. The molecule has 7 heteroatoms. The van der Waals surface area contributed by atoms with E-state index in [0.717, 1.165) is 49.2 Å². The van der Waals surface area contributed by atoms with Crippen LogP contribution in [-0.4, -0.2) is 34.7 Å². The number of hydrogen-bond acceptors (Lipinski definition) is 4. The molecule has 1 aromatic carbocycles. The highest BCUT2D eigenvalue weighted by atomic mass is 19.1. The van der Waals surface area contributed by atoms with E-state index in [9.17, 15) is 9.18 Å². The maximum absolute atomic E-state index is 13.5. The number of ether oxygens (including phenoxy) is 1. The zero-order chi connectivity index (χ0) is 21.2. The molecular formula is C24H26FN3O3. The van der Waals surface area contributed by atoms with Gasteiger partial charge in [-0.2, -0.15) is 0 Å². The van der Waals surface area contributed by atoms with Crippen LogP contribution in [-0.2, 0) is 4.74 Å². The molecule has 2 fully saturated rings. The molecule has 1 atom stereocenters. The number of amides is 1. The summed E-state index contributed by atoms with van der Waals surface area (Å²) >= 11 is 0. The third-order valence-corrected chi connectivity index (χ3v) is 6.21. The van der Waals surface area contributed by atoms with Crippen molar-refractivity contribution < 1.29 is 18.3 Å². The number of nitrogens with zero attached hydrogens (tertiary/aromatic N) is 2. The number of rotatable bonds is 6. The number of carbonyl (C=O) groups excluding carboxylic acids is 1. The average molecular weight is 423 g/mol. The van der Waals surface area contributed by atoms with Gasteiger partial charge >= 0.3 is 0 Å². The minimum absolute atomic E-state index is 0.0762. The standard InChI is InChI=1S/C24H26FN3O3/c25-17-9-7-16(8-10-17)22-23(28(15-27-22)18-4-1-2-5-18)20-11-12-21(31-20)24(29)26-14-19-6-3-13-30-19/h7-12,15,18-19H,1-6,13-14H2,(H,26,29)/t19-/m0/s1. The fourth-order valence-corrected chi connectivity index (χ4v) is 4.57. The molecule has 1 saturated carbocycles. The van der Waals surface area contributed by atoms with Crippen molar-refractivity contribution in [2.24, 2.45) is 0 Å². The molecule has 1 amide bonds. The molecule has 0 radical (unpaired) electrons. The molecule has 0 bridgehead atoms. The van der Waals surface area contributed by atoms with Gasteiger partial charge in [-0.1, -0.05) is 12.8 Å². The summed E-state index contributed by atoms with van der Waals surface area (Å²) in [6, 6.07) is 10.2. The van der Waals surface area contributed by atoms with Crippen LogP contribution < -0.4 is 5.32 Å². The van der Waals surface area contributed by atoms with E-state index < -0.39 is 0 Å². The first-order chi connectivity index (χ1) is 15.2. The molecule has 0 spiro atoms. The van der Waals surface area contributed by atoms with Gasteiger partial charge in [-0.05, 0) is 62.1 Å². The zero-order valence-electron chi connectivity index (χ0n) is 17.4. The van der Waals surface area contributed by atoms with Crippen LogP contribution in [0.1, 0.15) is 55.1 Å². The Labute approximate surface area is 180 Å². The van der Waals surface area contributed by atoms with Gasteiger partial charge in [0.2, 0.25) is 0 Å². The van der Waals surface area contributed by atoms with Gasteiger partial charge in [-0.15, -0.1) is 0 Å². The molecule has 3 heterocycles. The summed E-state index contributed by atoms with van der Waals surface area (Å²) in [5.74, 6) is 0.309. The Morgan fingerprint density at radius 1 is 1.10 bits per heavy atom. The Morgan fingerprint density at radius 3 is 2.65 bits per heavy atom. The minimum Gasteiger partial charge on any atom is -0.449 e. The summed E-state index contributed by atoms with van der Waals surface area (Å²) in [7, 11) is 0. The lowest BCUT2D eigenvalue weighted by Gasteiger charge is -2.15. The Balaban J connectivity index is 1.45. The largest absolute Gasteiger partial charge is 0.449 e. The summed E-state index contributed by atoms with van der Waals surface area (Å²) in [4.78, 5) is 17.2. The van der Waals surface area contributed by atoms with Crippen molar-refractivity contribution in [3.05, 3.63) is 54.3 Å². The lowest BCUT2D eigenvalue weighted by atomic mass is 10.1. The van der Waals surface area contributed by atoms with E-state index in [1.807, 2.05) is 12.4 Å². The summed E-state index contributed by atoms with van der Waals surface area (Å²) in [5, 5.41) is 2.90. The predicted molar refractivity (Wildman–Crippen MR) is 114 cm³/mol. The van der Waals surface area contributed by atoms with E-state index in [2.05, 4.69) is 14.9 Å². The molecule has 2 aromatic heterocycles. The molecule has 162 valence electrons. The van der Waals surface area contributed by atoms with E-state index in [4.69, 9.17) is 9.15 Å². The fourth-order valence-electron chi connectivity index (χ4n) is 4.57. The van der Waals surface area contributed by atoms with E-state index in [1.165, 1.54) is 25.0 Å². The number of carbonyl (C=O) groups is 1. The van der Waals surface area contributed by atoms with Crippen LogP contribution in [0.25, 0.3) is 22.7 Å². The fraction of sp³-hybridized carbons (Fsp3) is 0.417. The van der Waals surface area contributed by atoms with Crippen molar-refractivity contribution in [3.63, 3.8) is 0 Å². The minimum atomic E-state index is -0.288. The van der Waals surface area contributed by atoms with Crippen LogP contribution in [0.15, 0.2) is 47.1 Å². The van der Waals surface area contributed by atoms with Gasteiger partial charge < -0.3 is 19.0 Å². The molecule has 0 unspecified atom stereocenters. The van der Waals surface area contributed by atoms with Gasteiger partial charge in [-0.3, -0.25) is 4.79 Å². The van der Waals surface area contributed by atoms with Gasteiger partial charge in [-0.25, -0.2) is 9.37 Å². The van der Waals surface area contributed by atoms with Crippen LogP contribution in [0.4, 0.5) is 4.39 Å². The maximum atomic E-state index is 13.5. The van der Waals surface area contributed by atoms with Crippen LogP contribution in [0.2, 0.25) is 0 Å². The third kappa shape index (κ3) is 4.14. The highest BCUT2D eigenvalue weighted by molar-refractivity contribution is 5.92. The number of aromatic nitrogens is 2. The van der Waals surface area contributed by atoms with Gasteiger partial charge in [0.15, 0.2) is 11.5 Å². The Bertz CT molecular complexity index is 1040. The first-order valence-electron chi connectivity index (χ1n) is 11.0. The number of furan rings is 1. The van der Waals surface area contributed by atoms with Gasteiger partial charge in [0.05, 0.1) is 18.1 Å². The number of benzene rings is 1. The molecule has 5 rings (SSSR count). The van der Waals surface area contributed by atoms with E-state index in [-0.39, 0.29) is 23.6 Å². The van der Waals surface area contributed by atoms with E-state index in [0.29, 0.717) is 18.3 Å². The molecule has 3 aromatic rings. The number of imidazole rings is 1. The van der Waals surface area contributed by atoms with Crippen molar-refractivity contribution in [1.82, 2.24) is 14.9 Å². The Kier molecular flexibility index (Phi) is 5.59. The van der Waals surface area contributed by atoms with E-state index >= 15 is 0 Å². The van der Waals surface area contributed by atoms with Gasteiger partial charge in [0, 0.05) is 24.8 Å². The van der Waals surface area contributed by atoms with Crippen molar-refractivity contribution >= 4 is 5.91 Å². The molecule has 1 aliphatic carbocycles. The van der Waals surface area contributed by atoms with Crippen molar-refractivity contribution in [2.75, 3.05) is 13.2 Å². The summed E-state index contributed by atoms with van der Waals surface area (Å²) < 4.78 is 27.2. The Morgan fingerprint density at radius 2 is 1.90 bits per heavy atom. The molecule has 1 N–H and O–H groups in total. The highest BCUT2D eigenvalue weighted by Gasteiger charge is 2.26. The molecular weight excluding hydrogens is 397 g/mol. The second-order valence-electron chi connectivity index (χ2n) is 8.30. The first kappa shape index (κ1) is 20.0. The summed E-state index contributed by atoms with van der Waals surface area (Å²) in [5.41, 5.74) is 2.37. The second kappa shape index (κ2) is 8.67. The van der Waals surface area contributed by atoms with Crippen LogP contribution >= 0.6 is 0 Å². The number of halogens is 1. The third-order valence-electron chi connectivity index (χ3n) is 6.21.